The Hall–Kier alpha value is -2.32. The Balaban J connectivity index is 2.58. The van der Waals surface area contributed by atoms with E-state index in [0.717, 1.165) is 12.8 Å². The second-order valence-electron chi connectivity index (χ2n) is 7.36. The minimum atomic E-state index is -0.638. The van der Waals surface area contributed by atoms with Gasteiger partial charge in [-0.2, -0.15) is 0 Å². The average Bonchev–Trinajstić information content (AvgIpc) is 2.63. The van der Waals surface area contributed by atoms with Gasteiger partial charge >= 0.3 is 6.03 Å². The van der Waals surface area contributed by atoms with Crippen LogP contribution in [0.3, 0.4) is 0 Å². The Morgan fingerprint density at radius 3 is 2.57 bits per heavy atom. The molecule has 0 aromatic heterocycles. The topological polar surface area (TPSA) is 111 Å². The van der Waals surface area contributed by atoms with E-state index in [1.54, 1.807) is 29.7 Å². The van der Waals surface area contributed by atoms with Crippen molar-refractivity contribution in [2.24, 2.45) is 5.41 Å². The highest BCUT2D eigenvalue weighted by atomic mass is 35.5. The van der Waals surface area contributed by atoms with Crippen molar-refractivity contribution in [2.75, 3.05) is 25.0 Å². The number of carbonyl (C=O) groups excluding carboxylic acids is 3. The summed E-state index contributed by atoms with van der Waals surface area (Å²) in [5, 5.41) is 14.7. The molecule has 0 saturated carbocycles. The minimum absolute atomic E-state index is 0.146. The zero-order valence-corrected chi connectivity index (χ0v) is 17.3. The third-order valence-corrected chi connectivity index (χ3v) is 4.27. The van der Waals surface area contributed by atoms with Gasteiger partial charge in [0.25, 0.3) is 5.91 Å². The molecule has 156 valence electrons. The molecule has 0 aliphatic carbocycles. The maximum absolute atomic E-state index is 12.6. The van der Waals surface area contributed by atoms with Crippen molar-refractivity contribution >= 4 is 35.1 Å². The SMILES string of the molecule is CCCCN(CC(=O)NO)C(=O)CC(C)(C)CNC(=O)Nc1cccc(Cl)c1. The maximum Gasteiger partial charge on any atom is 0.319 e. The molecule has 0 fully saturated rings. The second kappa shape index (κ2) is 11.5. The van der Waals surface area contributed by atoms with E-state index in [2.05, 4.69) is 10.6 Å². The molecule has 0 unspecified atom stereocenters. The second-order valence-corrected chi connectivity index (χ2v) is 7.80. The van der Waals surface area contributed by atoms with E-state index in [0.29, 0.717) is 17.3 Å². The number of rotatable bonds is 10. The summed E-state index contributed by atoms with van der Waals surface area (Å²) in [5.41, 5.74) is 1.59. The van der Waals surface area contributed by atoms with Crippen LogP contribution < -0.4 is 16.1 Å². The van der Waals surface area contributed by atoms with Crippen LogP contribution in [0.25, 0.3) is 0 Å². The summed E-state index contributed by atoms with van der Waals surface area (Å²) in [7, 11) is 0. The summed E-state index contributed by atoms with van der Waals surface area (Å²) in [6, 6.07) is 6.39. The molecule has 1 aromatic carbocycles. The lowest BCUT2D eigenvalue weighted by Gasteiger charge is -2.29. The summed E-state index contributed by atoms with van der Waals surface area (Å²) in [5.74, 6) is -0.847. The van der Waals surface area contributed by atoms with Crippen molar-refractivity contribution in [2.45, 2.75) is 40.0 Å². The molecule has 28 heavy (non-hydrogen) atoms. The first-order valence-electron chi connectivity index (χ1n) is 9.18. The molecule has 0 heterocycles. The van der Waals surface area contributed by atoms with Crippen molar-refractivity contribution in [3.63, 3.8) is 0 Å². The first kappa shape index (κ1) is 23.7. The highest BCUT2D eigenvalue weighted by Crippen LogP contribution is 2.21. The Kier molecular flexibility index (Phi) is 9.75. The lowest BCUT2D eigenvalue weighted by Crippen LogP contribution is -2.44. The van der Waals surface area contributed by atoms with E-state index < -0.39 is 17.4 Å². The zero-order valence-electron chi connectivity index (χ0n) is 16.5. The Morgan fingerprint density at radius 1 is 1.25 bits per heavy atom. The summed E-state index contributed by atoms with van der Waals surface area (Å²) >= 11 is 5.89. The lowest BCUT2D eigenvalue weighted by atomic mass is 9.88. The van der Waals surface area contributed by atoms with Crippen molar-refractivity contribution in [1.29, 1.82) is 0 Å². The molecule has 9 heteroatoms. The highest BCUT2D eigenvalue weighted by molar-refractivity contribution is 6.30. The minimum Gasteiger partial charge on any atom is -0.337 e. The van der Waals surface area contributed by atoms with E-state index in [4.69, 9.17) is 16.8 Å². The first-order chi connectivity index (χ1) is 13.2. The summed E-state index contributed by atoms with van der Waals surface area (Å²) in [6.07, 6.45) is 1.77. The number of halogens is 1. The molecule has 0 saturated heterocycles. The average molecular weight is 413 g/mol. The predicted molar refractivity (Wildman–Crippen MR) is 108 cm³/mol. The number of hydroxylamine groups is 1. The van der Waals surface area contributed by atoms with Crippen LogP contribution in [0.5, 0.6) is 0 Å². The molecular formula is C19H29ClN4O4. The van der Waals surface area contributed by atoms with Crippen LogP contribution in [-0.4, -0.2) is 47.6 Å². The van der Waals surface area contributed by atoms with Gasteiger partial charge in [-0.1, -0.05) is 44.9 Å². The molecule has 0 aliphatic rings. The molecule has 0 bridgehead atoms. The molecule has 4 N–H and O–H groups in total. The van der Waals surface area contributed by atoms with Gasteiger partial charge in [0.05, 0.1) is 0 Å². The van der Waals surface area contributed by atoms with Gasteiger partial charge in [0.1, 0.15) is 6.54 Å². The number of hydrogen-bond acceptors (Lipinski definition) is 4. The fraction of sp³-hybridized carbons (Fsp3) is 0.526. The van der Waals surface area contributed by atoms with Crippen LogP contribution in [-0.2, 0) is 9.59 Å². The van der Waals surface area contributed by atoms with Gasteiger partial charge in [-0.3, -0.25) is 14.8 Å². The van der Waals surface area contributed by atoms with E-state index >= 15 is 0 Å². The van der Waals surface area contributed by atoms with Gasteiger partial charge in [-0.15, -0.1) is 0 Å². The number of urea groups is 1. The van der Waals surface area contributed by atoms with Crippen LogP contribution in [0.2, 0.25) is 5.02 Å². The number of unbranched alkanes of at least 4 members (excludes halogenated alkanes) is 1. The summed E-state index contributed by atoms with van der Waals surface area (Å²) in [6.45, 7) is 6.19. The number of amides is 4. The highest BCUT2D eigenvalue weighted by Gasteiger charge is 2.26. The van der Waals surface area contributed by atoms with Crippen LogP contribution in [0.4, 0.5) is 10.5 Å². The van der Waals surface area contributed by atoms with Crippen LogP contribution >= 0.6 is 11.6 Å². The van der Waals surface area contributed by atoms with E-state index in [1.807, 2.05) is 20.8 Å². The third-order valence-electron chi connectivity index (χ3n) is 4.03. The Labute approximate surface area is 170 Å². The third kappa shape index (κ3) is 9.05. The van der Waals surface area contributed by atoms with Gasteiger partial charge < -0.3 is 15.5 Å². The van der Waals surface area contributed by atoms with Crippen LogP contribution in [0.1, 0.15) is 40.0 Å². The Morgan fingerprint density at radius 2 is 1.96 bits per heavy atom. The number of anilines is 1. The number of hydrogen-bond donors (Lipinski definition) is 4. The number of nitrogens with one attached hydrogen (secondary N) is 3. The van der Waals surface area contributed by atoms with Crippen LogP contribution in [0, 0.1) is 5.41 Å². The summed E-state index contributed by atoms with van der Waals surface area (Å²) < 4.78 is 0. The predicted octanol–water partition coefficient (Wildman–Crippen LogP) is 3.01. The quantitative estimate of drug-likeness (QED) is 0.349. The smallest absolute Gasteiger partial charge is 0.319 e. The Bertz CT molecular complexity index is 682. The monoisotopic (exact) mass is 412 g/mol. The van der Waals surface area contributed by atoms with E-state index in [1.165, 1.54) is 4.90 Å². The van der Waals surface area contributed by atoms with Crippen LogP contribution in [0.15, 0.2) is 24.3 Å². The first-order valence-corrected chi connectivity index (χ1v) is 9.56. The normalized spacial score (nSPS) is 10.9. The van der Waals surface area contributed by atoms with Crippen molar-refractivity contribution in [3.05, 3.63) is 29.3 Å². The molecule has 0 radical (unpaired) electrons. The van der Waals surface area contributed by atoms with E-state index in [9.17, 15) is 14.4 Å². The molecule has 0 atom stereocenters. The van der Waals surface area contributed by atoms with Gasteiger partial charge in [-0.25, -0.2) is 10.3 Å². The number of nitrogens with zero attached hydrogens (tertiary/aromatic N) is 1. The molecule has 0 aliphatic heterocycles. The fourth-order valence-corrected chi connectivity index (χ4v) is 2.68. The van der Waals surface area contributed by atoms with Crippen molar-refractivity contribution < 1.29 is 19.6 Å². The van der Waals surface area contributed by atoms with Crippen molar-refractivity contribution in [1.82, 2.24) is 15.7 Å². The standard InChI is InChI=1S/C19H29ClN4O4/c1-4-5-9-24(12-16(25)23-28)17(26)11-19(2,3)13-21-18(27)22-15-8-6-7-14(20)10-15/h6-8,10,28H,4-5,9,11-13H2,1-3H3,(H,23,25)(H2,21,22,27). The summed E-state index contributed by atoms with van der Waals surface area (Å²) in [4.78, 5) is 37.5. The molecule has 8 nitrogen and oxygen atoms in total. The number of benzene rings is 1. The fourth-order valence-electron chi connectivity index (χ4n) is 2.49. The number of carbonyl (C=O) groups is 3. The van der Waals surface area contributed by atoms with Gasteiger partial charge in [-0.05, 0) is 30.0 Å². The molecule has 1 aromatic rings. The zero-order chi connectivity index (χ0) is 21.2. The van der Waals surface area contributed by atoms with Crippen molar-refractivity contribution in [3.8, 4) is 0 Å². The van der Waals surface area contributed by atoms with Gasteiger partial charge in [0, 0.05) is 30.2 Å². The maximum atomic E-state index is 12.6. The molecule has 4 amide bonds. The molecule has 1 rings (SSSR count). The van der Waals surface area contributed by atoms with Gasteiger partial charge in [0.2, 0.25) is 5.91 Å². The van der Waals surface area contributed by atoms with Gasteiger partial charge in [0.15, 0.2) is 0 Å². The largest absolute Gasteiger partial charge is 0.337 e. The lowest BCUT2D eigenvalue weighted by molar-refractivity contribution is -0.140. The molecule has 0 spiro atoms. The molecular weight excluding hydrogens is 384 g/mol. The van der Waals surface area contributed by atoms with E-state index in [-0.39, 0.29) is 25.4 Å².